The molecule has 0 saturated heterocycles. The number of ketones is 2. The number of halogens is 2. The molecule has 0 unspecified atom stereocenters. The number of hydrogen-bond acceptors (Lipinski definition) is 7. The summed E-state index contributed by atoms with van der Waals surface area (Å²) in [6.45, 7) is 2.03. The highest BCUT2D eigenvalue weighted by molar-refractivity contribution is 9.10. The Kier molecular flexibility index (Phi) is 7.46. The first kappa shape index (κ1) is 27.0. The molecule has 0 saturated carbocycles. The van der Waals surface area contributed by atoms with E-state index in [1.54, 1.807) is 19.1 Å². The van der Waals surface area contributed by atoms with Gasteiger partial charge in [0.05, 0.1) is 11.1 Å². The van der Waals surface area contributed by atoms with Gasteiger partial charge in [0, 0.05) is 53.4 Å². The molecule has 0 fully saturated rings. The van der Waals surface area contributed by atoms with Crippen LogP contribution in [0.3, 0.4) is 0 Å². The molecule has 0 atom stereocenters. The molecule has 0 N–H and O–H groups in total. The molecule has 2 aromatic carbocycles. The van der Waals surface area contributed by atoms with E-state index in [0.29, 0.717) is 39.0 Å². The summed E-state index contributed by atoms with van der Waals surface area (Å²) in [7, 11) is -2.25. The van der Waals surface area contributed by atoms with Crippen molar-refractivity contribution in [3.05, 3.63) is 74.0 Å². The number of benzene rings is 2. The summed E-state index contributed by atoms with van der Waals surface area (Å²) in [5.74, 6) is -0.286. The lowest BCUT2D eigenvalue weighted by atomic mass is 9.71. The van der Waals surface area contributed by atoms with Gasteiger partial charge in [-0.3, -0.25) is 9.59 Å². The van der Waals surface area contributed by atoms with Crippen molar-refractivity contribution < 1.29 is 26.9 Å². The van der Waals surface area contributed by atoms with Gasteiger partial charge < -0.3 is 13.8 Å². The topological polar surface area (TPSA) is 90.0 Å². The number of carbonyl (C=O) groups excluding carboxylic acids is 2. The largest absolute Gasteiger partial charge is 0.490 e. The predicted octanol–water partition coefficient (Wildman–Crippen LogP) is 6.31. The molecule has 38 heavy (non-hydrogen) atoms. The highest BCUT2D eigenvalue weighted by Gasteiger charge is 2.42. The van der Waals surface area contributed by atoms with Crippen LogP contribution in [-0.4, -0.2) is 38.5 Å². The van der Waals surface area contributed by atoms with Crippen molar-refractivity contribution in [2.45, 2.75) is 56.3 Å². The number of nitrogens with zero attached hydrogens (tertiary/aromatic N) is 1. The smallest absolute Gasteiger partial charge is 0.339 e. The van der Waals surface area contributed by atoms with Crippen LogP contribution in [0.1, 0.15) is 56.9 Å². The predicted molar refractivity (Wildman–Crippen MR) is 147 cm³/mol. The number of allylic oxidation sites excluding steroid dienone is 4. The Morgan fingerprint density at radius 2 is 1.55 bits per heavy atom. The lowest BCUT2D eigenvalue weighted by molar-refractivity contribution is -0.117. The third-order valence-electron chi connectivity index (χ3n) is 7.20. The Morgan fingerprint density at radius 3 is 2.11 bits per heavy atom. The Morgan fingerprint density at radius 1 is 0.974 bits per heavy atom. The highest BCUT2D eigenvalue weighted by atomic mass is 79.9. The highest BCUT2D eigenvalue weighted by Crippen LogP contribution is 2.51. The molecule has 1 heterocycles. The molecule has 10 heteroatoms. The van der Waals surface area contributed by atoms with Crippen LogP contribution < -0.4 is 8.92 Å². The molecular weight excluding hydrogens is 594 g/mol. The van der Waals surface area contributed by atoms with Crippen LogP contribution in [0.5, 0.6) is 11.5 Å². The Labute approximate surface area is 235 Å². The van der Waals surface area contributed by atoms with Gasteiger partial charge in [-0.25, -0.2) is 0 Å². The molecular formula is C28H27BrClNO6S. The van der Waals surface area contributed by atoms with Crippen LogP contribution in [0, 0.1) is 0 Å². The van der Waals surface area contributed by atoms with E-state index >= 15 is 0 Å². The molecule has 5 rings (SSSR count). The van der Waals surface area contributed by atoms with E-state index in [9.17, 15) is 18.0 Å². The number of ether oxygens (including phenoxy) is 1. The normalized spacial score (nSPS) is 18.5. The minimum atomic E-state index is -4.20. The summed E-state index contributed by atoms with van der Waals surface area (Å²) in [6.07, 6.45) is 3.93. The van der Waals surface area contributed by atoms with E-state index in [-0.39, 0.29) is 34.6 Å². The van der Waals surface area contributed by atoms with E-state index < -0.39 is 16.0 Å². The van der Waals surface area contributed by atoms with Crippen LogP contribution in [0.15, 0.2) is 68.3 Å². The first-order valence-corrected chi connectivity index (χ1v) is 15.1. The lowest BCUT2D eigenvalue weighted by Crippen LogP contribution is -2.37. The molecule has 0 spiro atoms. The summed E-state index contributed by atoms with van der Waals surface area (Å²) >= 11 is 9.40. The summed E-state index contributed by atoms with van der Waals surface area (Å²) in [6, 6.07) is 9.09. The van der Waals surface area contributed by atoms with Crippen molar-refractivity contribution in [1.82, 2.24) is 4.90 Å². The van der Waals surface area contributed by atoms with Crippen molar-refractivity contribution >= 4 is 49.2 Å². The van der Waals surface area contributed by atoms with Gasteiger partial charge in [0.1, 0.15) is 4.90 Å². The maximum absolute atomic E-state index is 13.3. The fraction of sp³-hybridized carbons (Fsp3) is 0.357. The van der Waals surface area contributed by atoms with Crippen molar-refractivity contribution in [1.29, 1.82) is 0 Å². The van der Waals surface area contributed by atoms with E-state index in [0.717, 1.165) is 37.1 Å². The van der Waals surface area contributed by atoms with Crippen LogP contribution in [-0.2, 0) is 19.7 Å². The van der Waals surface area contributed by atoms with E-state index in [1.165, 1.54) is 24.3 Å². The zero-order valence-corrected chi connectivity index (χ0v) is 24.2. The molecule has 0 amide bonds. The molecule has 0 bridgehead atoms. The Balaban J connectivity index is 1.64. The maximum Gasteiger partial charge on any atom is 0.339 e. The Bertz CT molecular complexity index is 1450. The molecule has 7 nitrogen and oxygen atoms in total. The molecule has 0 radical (unpaired) electrons. The minimum Gasteiger partial charge on any atom is -0.490 e. The molecule has 200 valence electrons. The molecule has 3 aliphatic rings. The number of rotatable bonds is 6. The van der Waals surface area contributed by atoms with Crippen molar-refractivity contribution in [3.63, 3.8) is 0 Å². The van der Waals surface area contributed by atoms with Crippen LogP contribution in [0.2, 0.25) is 5.02 Å². The fourth-order valence-electron chi connectivity index (χ4n) is 5.54. The second kappa shape index (κ2) is 10.5. The summed E-state index contributed by atoms with van der Waals surface area (Å²) in [5.41, 5.74) is 3.88. The number of Topliss-reactive ketones (excluding diaryl/α,β-unsaturated/α-hetero) is 2. The van der Waals surface area contributed by atoms with E-state index in [2.05, 4.69) is 15.9 Å². The third-order valence-corrected chi connectivity index (χ3v) is 9.28. The first-order valence-electron chi connectivity index (χ1n) is 12.5. The van der Waals surface area contributed by atoms with Crippen molar-refractivity contribution in [3.8, 4) is 11.5 Å². The minimum absolute atomic E-state index is 0.00757. The fourth-order valence-corrected chi connectivity index (χ4v) is 7.27. The SMILES string of the molecule is CCOc1cc(C2C3=C(CCCC3=O)N(C)C3=C2C(=O)CCC3)cc(Br)c1OS(=O)(=O)c1ccc(Cl)cc1. The van der Waals surface area contributed by atoms with Gasteiger partial charge in [-0.2, -0.15) is 8.42 Å². The molecule has 1 aliphatic heterocycles. The van der Waals surface area contributed by atoms with Crippen molar-refractivity contribution in [2.75, 3.05) is 13.7 Å². The standard InChI is InChI=1S/C28H27BrClNO6S/c1-3-36-24-15-16(14-19(29)28(24)37-38(34,35)18-12-10-17(30)11-13-18)25-26-20(6-4-8-22(26)32)31(2)21-7-5-9-23(33)27(21)25/h10-15,25H,3-9H2,1-2H3. The number of hydrogen-bond donors (Lipinski definition) is 0. The van der Waals surface area contributed by atoms with Gasteiger partial charge in [0.15, 0.2) is 23.1 Å². The monoisotopic (exact) mass is 619 g/mol. The lowest BCUT2D eigenvalue weighted by Gasteiger charge is -2.42. The summed E-state index contributed by atoms with van der Waals surface area (Å²) in [4.78, 5) is 28.6. The molecule has 2 aromatic rings. The van der Waals surface area contributed by atoms with Gasteiger partial charge in [-0.05, 0) is 90.5 Å². The molecule has 2 aliphatic carbocycles. The number of carbonyl (C=O) groups is 2. The van der Waals surface area contributed by atoms with Crippen LogP contribution in [0.25, 0.3) is 0 Å². The van der Waals surface area contributed by atoms with Gasteiger partial charge >= 0.3 is 10.1 Å². The van der Waals surface area contributed by atoms with Crippen LogP contribution >= 0.6 is 27.5 Å². The van der Waals surface area contributed by atoms with E-state index in [4.69, 9.17) is 20.5 Å². The average molecular weight is 621 g/mol. The quantitative estimate of drug-likeness (QED) is 0.350. The summed E-state index contributed by atoms with van der Waals surface area (Å²) in [5, 5.41) is 0.402. The van der Waals surface area contributed by atoms with Gasteiger partial charge in [-0.1, -0.05) is 11.6 Å². The molecule has 0 aromatic heterocycles. The van der Waals surface area contributed by atoms with Crippen LogP contribution in [0.4, 0.5) is 0 Å². The second-order valence-corrected chi connectivity index (χ2v) is 12.4. The van der Waals surface area contributed by atoms with Gasteiger partial charge in [0.2, 0.25) is 0 Å². The van der Waals surface area contributed by atoms with E-state index in [1.807, 2.05) is 11.9 Å². The second-order valence-electron chi connectivity index (χ2n) is 9.52. The first-order chi connectivity index (χ1) is 18.1. The zero-order chi connectivity index (χ0) is 27.2. The summed E-state index contributed by atoms with van der Waals surface area (Å²) < 4.78 is 37.8. The van der Waals surface area contributed by atoms with Crippen molar-refractivity contribution in [2.24, 2.45) is 0 Å². The van der Waals surface area contributed by atoms with Gasteiger partial charge in [0.25, 0.3) is 0 Å². The average Bonchev–Trinajstić information content (AvgIpc) is 2.87. The van der Waals surface area contributed by atoms with Gasteiger partial charge in [-0.15, -0.1) is 0 Å². The Hall–Kier alpha value is -2.62. The zero-order valence-electron chi connectivity index (χ0n) is 21.1. The third kappa shape index (κ3) is 4.80. The maximum atomic E-state index is 13.3.